The third-order valence-electron chi connectivity index (χ3n) is 3.48. The van der Waals surface area contributed by atoms with Crippen LogP contribution in [0.5, 0.6) is 5.75 Å². The molecular weight excluding hydrogens is 268 g/mol. The van der Waals surface area contributed by atoms with Gasteiger partial charge in [-0.25, -0.2) is 0 Å². The van der Waals surface area contributed by atoms with Gasteiger partial charge in [-0.3, -0.25) is 5.32 Å². The van der Waals surface area contributed by atoms with E-state index in [9.17, 15) is 5.26 Å². The smallest absolute Gasteiger partial charge is 0.119 e. The van der Waals surface area contributed by atoms with E-state index in [0.717, 1.165) is 24.3 Å². The monoisotopic (exact) mass is 290 g/mol. The Balaban J connectivity index is 1.73. The van der Waals surface area contributed by atoms with E-state index in [1.807, 2.05) is 30.8 Å². The molecule has 108 valence electrons. The fraction of sp³-hybridized carbons (Fsp3) is 0.562. The van der Waals surface area contributed by atoms with Crippen molar-refractivity contribution < 1.29 is 4.74 Å². The number of nitriles is 1. The van der Waals surface area contributed by atoms with Crippen LogP contribution in [-0.4, -0.2) is 24.4 Å². The Morgan fingerprint density at radius 3 is 2.95 bits per heavy atom. The number of benzene rings is 1. The average Bonchev–Trinajstić information content (AvgIpc) is 3.28. The van der Waals surface area contributed by atoms with Crippen molar-refractivity contribution in [1.29, 1.82) is 5.26 Å². The Hall–Kier alpha value is -1.18. The van der Waals surface area contributed by atoms with Crippen molar-refractivity contribution in [3.8, 4) is 11.8 Å². The zero-order valence-electron chi connectivity index (χ0n) is 12.2. The molecule has 2 rings (SSSR count). The van der Waals surface area contributed by atoms with Gasteiger partial charge in [0.15, 0.2) is 0 Å². The number of hydrogen-bond donors (Lipinski definition) is 1. The van der Waals surface area contributed by atoms with E-state index < -0.39 is 0 Å². The average molecular weight is 290 g/mol. The van der Waals surface area contributed by atoms with Gasteiger partial charge in [-0.05, 0) is 56.6 Å². The van der Waals surface area contributed by atoms with Crippen LogP contribution in [0.1, 0.15) is 32.6 Å². The minimum absolute atomic E-state index is 0.365. The Morgan fingerprint density at radius 2 is 2.30 bits per heavy atom. The molecule has 0 radical (unpaired) electrons. The van der Waals surface area contributed by atoms with Gasteiger partial charge in [0.05, 0.1) is 13.2 Å². The highest BCUT2D eigenvalue weighted by Crippen LogP contribution is 2.27. The second kappa shape index (κ2) is 7.01. The van der Waals surface area contributed by atoms with Gasteiger partial charge in [0.25, 0.3) is 0 Å². The van der Waals surface area contributed by atoms with Crippen LogP contribution >= 0.6 is 11.8 Å². The normalized spacial score (nSPS) is 17.2. The third kappa shape index (κ3) is 4.73. The SMILES string of the molecule is COc1cccc(SCCCC(C)(C#N)NC2CC2)c1. The molecule has 0 bridgehead atoms. The van der Waals surface area contributed by atoms with Crippen molar-refractivity contribution in [3.05, 3.63) is 24.3 Å². The van der Waals surface area contributed by atoms with E-state index in [1.54, 1.807) is 7.11 Å². The molecular formula is C16H22N2OS. The van der Waals surface area contributed by atoms with E-state index in [0.29, 0.717) is 6.04 Å². The largest absolute Gasteiger partial charge is 0.497 e. The molecule has 1 aliphatic carbocycles. The van der Waals surface area contributed by atoms with Crippen molar-refractivity contribution in [1.82, 2.24) is 5.32 Å². The summed E-state index contributed by atoms with van der Waals surface area (Å²) in [6.45, 7) is 2.02. The van der Waals surface area contributed by atoms with Gasteiger partial charge in [-0.2, -0.15) is 5.26 Å². The Labute approximate surface area is 125 Å². The fourth-order valence-electron chi connectivity index (χ4n) is 2.15. The molecule has 0 aliphatic heterocycles. The minimum Gasteiger partial charge on any atom is -0.497 e. The maximum atomic E-state index is 9.31. The van der Waals surface area contributed by atoms with Crippen molar-refractivity contribution >= 4 is 11.8 Å². The molecule has 1 unspecified atom stereocenters. The van der Waals surface area contributed by atoms with Gasteiger partial charge in [-0.1, -0.05) is 6.07 Å². The predicted molar refractivity (Wildman–Crippen MR) is 83.1 cm³/mol. The Kier molecular flexibility index (Phi) is 5.33. The molecule has 1 fully saturated rings. The van der Waals surface area contributed by atoms with Crippen molar-refractivity contribution in [2.45, 2.75) is 49.1 Å². The van der Waals surface area contributed by atoms with Gasteiger partial charge >= 0.3 is 0 Å². The van der Waals surface area contributed by atoms with E-state index in [2.05, 4.69) is 23.5 Å². The molecule has 0 saturated heterocycles. The molecule has 1 saturated carbocycles. The topological polar surface area (TPSA) is 45.0 Å². The highest BCUT2D eigenvalue weighted by Gasteiger charge is 2.31. The second-order valence-corrected chi connectivity index (χ2v) is 6.66. The molecule has 1 aromatic carbocycles. The molecule has 1 aliphatic rings. The molecule has 3 nitrogen and oxygen atoms in total. The summed E-state index contributed by atoms with van der Waals surface area (Å²) in [5.41, 5.74) is -0.365. The maximum Gasteiger partial charge on any atom is 0.119 e. The fourth-order valence-corrected chi connectivity index (χ4v) is 3.04. The highest BCUT2D eigenvalue weighted by atomic mass is 32.2. The standard InChI is InChI=1S/C16H22N2OS/c1-16(12-17,18-13-7-8-13)9-4-10-20-15-6-3-5-14(11-15)19-2/h3,5-6,11,13,18H,4,7-10H2,1-2H3. The van der Waals surface area contributed by atoms with Crippen LogP contribution in [0.2, 0.25) is 0 Å². The van der Waals surface area contributed by atoms with Crippen LogP contribution in [-0.2, 0) is 0 Å². The molecule has 1 aromatic rings. The number of ether oxygens (including phenoxy) is 1. The van der Waals surface area contributed by atoms with Crippen LogP contribution in [0, 0.1) is 11.3 Å². The van der Waals surface area contributed by atoms with Crippen molar-refractivity contribution in [2.24, 2.45) is 0 Å². The molecule has 1 N–H and O–H groups in total. The summed E-state index contributed by atoms with van der Waals surface area (Å²) in [7, 11) is 1.69. The molecule has 1 atom stereocenters. The van der Waals surface area contributed by atoms with Crippen LogP contribution in [0.15, 0.2) is 29.2 Å². The van der Waals surface area contributed by atoms with Gasteiger partial charge in [0.1, 0.15) is 11.3 Å². The van der Waals surface area contributed by atoms with E-state index in [1.165, 1.54) is 17.7 Å². The molecule has 0 spiro atoms. The van der Waals surface area contributed by atoms with Crippen LogP contribution in [0.25, 0.3) is 0 Å². The molecule has 4 heteroatoms. The van der Waals surface area contributed by atoms with Gasteiger partial charge in [0.2, 0.25) is 0 Å². The number of nitrogens with zero attached hydrogens (tertiary/aromatic N) is 1. The van der Waals surface area contributed by atoms with Gasteiger partial charge in [-0.15, -0.1) is 11.8 Å². The number of nitrogens with one attached hydrogen (secondary N) is 1. The summed E-state index contributed by atoms with van der Waals surface area (Å²) in [4.78, 5) is 1.22. The first kappa shape index (κ1) is 15.2. The maximum absolute atomic E-state index is 9.31. The molecule has 0 amide bonds. The van der Waals surface area contributed by atoms with E-state index in [-0.39, 0.29) is 5.54 Å². The lowest BCUT2D eigenvalue weighted by atomic mass is 9.98. The molecule has 20 heavy (non-hydrogen) atoms. The molecule has 0 heterocycles. The van der Waals surface area contributed by atoms with Gasteiger partial charge in [0, 0.05) is 10.9 Å². The summed E-state index contributed by atoms with van der Waals surface area (Å²) >= 11 is 1.82. The minimum atomic E-state index is -0.365. The predicted octanol–water partition coefficient (Wildman–Crippen LogP) is 3.60. The first-order valence-corrected chi connectivity index (χ1v) is 8.09. The highest BCUT2D eigenvalue weighted by molar-refractivity contribution is 7.99. The number of methoxy groups -OCH3 is 1. The van der Waals surface area contributed by atoms with Crippen LogP contribution in [0.4, 0.5) is 0 Å². The number of thioether (sulfide) groups is 1. The summed E-state index contributed by atoms with van der Waals surface area (Å²) in [5, 5.41) is 12.8. The van der Waals surface area contributed by atoms with Crippen molar-refractivity contribution in [3.63, 3.8) is 0 Å². The summed E-state index contributed by atoms with van der Waals surface area (Å²) in [6, 6.07) is 11.1. The first-order chi connectivity index (χ1) is 9.65. The van der Waals surface area contributed by atoms with E-state index >= 15 is 0 Å². The number of rotatable bonds is 8. The Bertz CT molecular complexity index is 482. The summed E-state index contributed by atoms with van der Waals surface area (Å²) < 4.78 is 5.22. The number of hydrogen-bond acceptors (Lipinski definition) is 4. The third-order valence-corrected chi connectivity index (χ3v) is 4.56. The van der Waals surface area contributed by atoms with Crippen LogP contribution < -0.4 is 10.1 Å². The first-order valence-electron chi connectivity index (χ1n) is 7.11. The van der Waals surface area contributed by atoms with E-state index in [4.69, 9.17) is 4.74 Å². The lowest BCUT2D eigenvalue weighted by Crippen LogP contribution is -2.42. The zero-order chi connectivity index (χ0) is 14.4. The van der Waals surface area contributed by atoms with Crippen LogP contribution in [0.3, 0.4) is 0 Å². The summed E-state index contributed by atoms with van der Waals surface area (Å²) in [6.07, 6.45) is 4.37. The lowest BCUT2D eigenvalue weighted by Gasteiger charge is -2.23. The Morgan fingerprint density at radius 1 is 1.50 bits per heavy atom. The lowest BCUT2D eigenvalue weighted by molar-refractivity contribution is 0.411. The summed E-state index contributed by atoms with van der Waals surface area (Å²) in [5.74, 6) is 1.92. The molecule has 0 aromatic heterocycles. The van der Waals surface area contributed by atoms with Crippen molar-refractivity contribution in [2.75, 3.05) is 12.9 Å². The quantitative estimate of drug-likeness (QED) is 0.587. The zero-order valence-corrected chi connectivity index (χ0v) is 13.0. The second-order valence-electron chi connectivity index (χ2n) is 5.49. The van der Waals surface area contributed by atoms with Gasteiger partial charge < -0.3 is 4.74 Å².